The lowest BCUT2D eigenvalue weighted by Gasteiger charge is -2.12. The van der Waals surface area contributed by atoms with Gasteiger partial charge in [-0.25, -0.2) is 0 Å². The molecule has 0 saturated heterocycles. The molecule has 21 heavy (non-hydrogen) atoms. The SMILES string of the molecule is CCc1cccnc1C(=O)Cc1ncc(C)c(OC)c1C. The third-order valence-electron chi connectivity index (χ3n) is 3.61. The van der Waals surface area contributed by atoms with Gasteiger partial charge in [0.1, 0.15) is 11.4 Å². The quantitative estimate of drug-likeness (QED) is 0.792. The number of carbonyl (C=O) groups excluding carboxylic acids is 1. The molecule has 0 N–H and O–H groups in total. The van der Waals surface area contributed by atoms with Crippen LogP contribution in [0.25, 0.3) is 0 Å². The van der Waals surface area contributed by atoms with Crippen molar-refractivity contribution in [2.45, 2.75) is 33.6 Å². The molecule has 0 amide bonds. The first-order chi connectivity index (χ1) is 10.1. The van der Waals surface area contributed by atoms with E-state index < -0.39 is 0 Å². The van der Waals surface area contributed by atoms with Crippen LogP contribution in [0, 0.1) is 13.8 Å². The fourth-order valence-corrected chi connectivity index (χ4v) is 2.46. The molecule has 0 aliphatic heterocycles. The van der Waals surface area contributed by atoms with E-state index in [1.807, 2.05) is 32.9 Å². The van der Waals surface area contributed by atoms with Crippen LogP contribution in [0.4, 0.5) is 0 Å². The lowest BCUT2D eigenvalue weighted by atomic mass is 10.0. The topological polar surface area (TPSA) is 52.1 Å². The average molecular weight is 284 g/mol. The molecule has 0 aliphatic rings. The fourth-order valence-electron chi connectivity index (χ4n) is 2.46. The summed E-state index contributed by atoms with van der Waals surface area (Å²) in [4.78, 5) is 21.1. The summed E-state index contributed by atoms with van der Waals surface area (Å²) >= 11 is 0. The Morgan fingerprint density at radius 3 is 2.71 bits per heavy atom. The first-order valence-electron chi connectivity index (χ1n) is 7.04. The van der Waals surface area contributed by atoms with Gasteiger partial charge in [-0.05, 0) is 31.9 Å². The number of hydrogen-bond acceptors (Lipinski definition) is 4. The number of methoxy groups -OCH3 is 1. The van der Waals surface area contributed by atoms with Gasteiger partial charge in [0, 0.05) is 23.5 Å². The molecule has 2 aromatic heterocycles. The van der Waals surface area contributed by atoms with Gasteiger partial charge in [0.25, 0.3) is 0 Å². The summed E-state index contributed by atoms with van der Waals surface area (Å²) in [5.41, 5.74) is 4.15. The third-order valence-corrected chi connectivity index (χ3v) is 3.61. The van der Waals surface area contributed by atoms with Crippen molar-refractivity contribution in [3.63, 3.8) is 0 Å². The second kappa shape index (κ2) is 6.48. The second-order valence-corrected chi connectivity index (χ2v) is 5.01. The number of pyridine rings is 2. The van der Waals surface area contributed by atoms with Crippen LogP contribution in [0.3, 0.4) is 0 Å². The standard InChI is InChI=1S/C17H20N2O2/c1-5-13-7-6-8-18-16(13)15(20)9-14-12(3)17(21-4)11(2)10-19-14/h6-8,10H,5,9H2,1-4H3. The summed E-state index contributed by atoms with van der Waals surface area (Å²) < 4.78 is 5.38. The average Bonchev–Trinajstić information content (AvgIpc) is 2.50. The summed E-state index contributed by atoms with van der Waals surface area (Å²) in [7, 11) is 1.63. The largest absolute Gasteiger partial charge is 0.496 e. The molecule has 4 nitrogen and oxygen atoms in total. The predicted molar refractivity (Wildman–Crippen MR) is 81.9 cm³/mol. The van der Waals surface area contributed by atoms with Crippen LogP contribution in [0.2, 0.25) is 0 Å². The molecule has 2 aromatic rings. The molecule has 0 atom stereocenters. The van der Waals surface area contributed by atoms with Crippen LogP contribution in [0.5, 0.6) is 5.75 Å². The Labute approximate surface area is 125 Å². The number of Topliss-reactive ketones (excluding diaryl/α,β-unsaturated/α-hetero) is 1. The Morgan fingerprint density at radius 1 is 1.29 bits per heavy atom. The minimum Gasteiger partial charge on any atom is -0.496 e. The van der Waals surface area contributed by atoms with Crippen LogP contribution in [0.15, 0.2) is 24.5 Å². The van der Waals surface area contributed by atoms with Gasteiger partial charge in [0.2, 0.25) is 0 Å². The van der Waals surface area contributed by atoms with E-state index in [-0.39, 0.29) is 12.2 Å². The molecule has 0 saturated carbocycles. The maximum atomic E-state index is 12.5. The van der Waals surface area contributed by atoms with Gasteiger partial charge in [-0.1, -0.05) is 13.0 Å². The lowest BCUT2D eigenvalue weighted by molar-refractivity contribution is 0.0986. The predicted octanol–water partition coefficient (Wildman–Crippen LogP) is 3.09. The molecular weight excluding hydrogens is 264 g/mol. The van der Waals surface area contributed by atoms with Crippen molar-refractivity contribution < 1.29 is 9.53 Å². The maximum absolute atomic E-state index is 12.5. The Bertz CT molecular complexity index is 666. The minimum absolute atomic E-state index is 0.00560. The molecule has 110 valence electrons. The number of aryl methyl sites for hydroxylation is 2. The normalized spacial score (nSPS) is 10.5. The zero-order chi connectivity index (χ0) is 15.4. The van der Waals surface area contributed by atoms with Crippen molar-refractivity contribution >= 4 is 5.78 Å². The van der Waals surface area contributed by atoms with Crippen LogP contribution >= 0.6 is 0 Å². The fraction of sp³-hybridized carbons (Fsp3) is 0.353. The van der Waals surface area contributed by atoms with E-state index in [0.717, 1.165) is 34.6 Å². The monoisotopic (exact) mass is 284 g/mol. The molecule has 2 heterocycles. The van der Waals surface area contributed by atoms with Crippen molar-refractivity contribution in [1.29, 1.82) is 0 Å². The second-order valence-electron chi connectivity index (χ2n) is 5.01. The summed E-state index contributed by atoms with van der Waals surface area (Å²) in [6, 6.07) is 3.80. The van der Waals surface area contributed by atoms with Crippen molar-refractivity contribution in [2.75, 3.05) is 7.11 Å². The van der Waals surface area contributed by atoms with E-state index in [9.17, 15) is 4.79 Å². The Balaban J connectivity index is 2.32. The lowest BCUT2D eigenvalue weighted by Crippen LogP contribution is -2.12. The van der Waals surface area contributed by atoms with Gasteiger partial charge < -0.3 is 4.74 Å². The molecule has 0 aliphatic carbocycles. The van der Waals surface area contributed by atoms with Gasteiger partial charge >= 0.3 is 0 Å². The maximum Gasteiger partial charge on any atom is 0.187 e. The molecular formula is C17H20N2O2. The molecule has 0 bridgehead atoms. The van der Waals surface area contributed by atoms with E-state index >= 15 is 0 Å². The molecule has 0 aromatic carbocycles. The molecule has 0 fully saturated rings. The van der Waals surface area contributed by atoms with Gasteiger partial charge in [0.15, 0.2) is 5.78 Å². The molecule has 0 radical (unpaired) electrons. The Kier molecular flexibility index (Phi) is 4.68. The van der Waals surface area contributed by atoms with Crippen LogP contribution in [-0.2, 0) is 12.8 Å². The van der Waals surface area contributed by atoms with E-state index in [1.165, 1.54) is 0 Å². The van der Waals surface area contributed by atoms with Crippen LogP contribution < -0.4 is 4.74 Å². The van der Waals surface area contributed by atoms with Gasteiger partial charge in [-0.15, -0.1) is 0 Å². The van der Waals surface area contributed by atoms with E-state index in [1.54, 1.807) is 19.5 Å². The molecule has 2 rings (SSSR count). The highest BCUT2D eigenvalue weighted by molar-refractivity contribution is 5.97. The van der Waals surface area contributed by atoms with Gasteiger partial charge in [-0.3, -0.25) is 14.8 Å². The Hall–Kier alpha value is -2.23. The Morgan fingerprint density at radius 2 is 2.05 bits per heavy atom. The number of ether oxygens (including phenoxy) is 1. The number of ketones is 1. The first-order valence-corrected chi connectivity index (χ1v) is 7.04. The number of aromatic nitrogens is 2. The third kappa shape index (κ3) is 3.10. The van der Waals surface area contributed by atoms with Crippen molar-refractivity contribution in [3.8, 4) is 5.75 Å². The summed E-state index contributed by atoms with van der Waals surface area (Å²) in [6.07, 6.45) is 4.43. The van der Waals surface area contributed by atoms with Crippen LogP contribution in [-0.4, -0.2) is 22.9 Å². The first kappa shape index (κ1) is 15.2. The number of hydrogen-bond donors (Lipinski definition) is 0. The van der Waals surface area contributed by atoms with E-state index in [2.05, 4.69) is 9.97 Å². The number of carbonyl (C=O) groups is 1. The molecule has 0 spiro atoms. The smallest absolute Gasteiger partial charge is 0.187 e. The number of rotatable bonds is 5. The zero-order valence-electron chi connectivity index (χ0n) is 12.9. The highest BCUT2D eigenvalue weighted by Gasteiger charge is 2.16. The summed E-state index contributed by atoms with van der Waals surface area (Å²) in [5.74, 6) is 0.790. The molecule has 4 heteroatoms. The van der Waals surface area contributed by atoms with Crippen molar-refractivity contribution in [2.24, 2.45) is 0 Å². The van der Waals surface area contributed by atoms with E-state index in [0.29, 0.717) is 5.69 Å². The van der Waals surface area contributed by atoms with E-state index in [4.69, 9.17) is 4.74 Å². The highest BCUT2D eigenvalue weighted by atomic mass is 16.5. The van der Waals surface area contributed by atoms with Crippen molar-refractivity contribution in [1.82, 2.24) is 9.97 Å². The molecule has 0 unspecified atom stereocenters. The summed E-state index contributed by atoms with van der Waals surface area (Å²) in [6.45, 7) is 5.89. The van der Waals surface area contributed by atoms with Crippen LogP contribution in [0.1, 0.15) is 39.8 Å². The van der Waals surface area contributed by atoms with Gasteiger partial charge in [0.05, 0.1) is 19.2 Å². The zero-order valence-corrected chi connectivity index (χ0v) is 12.9. The number of nitrogens with zero attached hydrogens (tertiary/aromatic N) is 2. The summed E-state index contributed by atoms with van der Waals surface area (Å²) in [5, 5.41) is 0. The van der Waals surface area contributed by atoms with Gasteiger partial charge in [-0.2, -0.15) is 0 Å². The minimum atomic E-state index is -0.00560. The highest BCUT2D eigenvalue weighted by Crippen LogP contribution is 2.24. The van der Waals surface area contributed by atoms with Crippen molar-refractivity contribution in [3.05, 3.63) is 52.6 Å².